The van der Waals surface area contributed by atoms with Gasteiger partial charge in [-0.15, -0.1) is 0 Å². The second kappa shape index (κ2) is 7.89. The minimum Gasteiger partial charge on any atom is -0.484 e. The molecule has 0 N–H and O–H groups in total. The topological polar surface area (TPSA) is 80.1 Å². The lowest BCUT2D eigenvalue weighted by Crippen LogP contribution is -2.52. The highest BCUT2D eigenvalue weighted by molar-refractivity contribution is 5.83. The predicted molar refractivity (Wildman–Crippen MR) is 108 cm³/mol. The third kappa shape index (κ3) is 3.86. The molecule has 0 unspecified atom stereocenters. The van der Waals surface area contributed by atoms with E-state index in [0.29, 0.717) is 37.5 Å². The number of piperazine rings is 1. The standard InChI is InChI=1S/C22H26N2O5/c1-14(2)21(26)24-10-8-23(9-11-24)20(25)13-28-15-6-7-17-16-4-3-5-18(16)22(27)29-19(17)12-15/h6-7,12,14H,3-5,8-11,13H2,1-2H3. The van der Waals surface area contributed by atoms with Gasteiger partial charge in [0.05, 0.1) is 0 Å². The van der Waals surface area contributed by atoms with Gasteiger partial charge in [-0.2, -0.15) is 0 Å². The number of hydrogen-bond acceptors (Lipinski definition) is 5. The molecule has 1 aromatic heterocycles. The first kappa shape index (κ1) is 19.5. The highest BCUT2D eigenvalue weighted by Crippen LogP contribution is 2.29. The van der Waals surface area contributed by atoms with E-state index >= 15 is 0 Å². The van der Waals surface area contributed by atoms with Crippen LogP contribution in [-0.4, -0.2) is 54.4 Å². The molecule has 1 aromatic carbocycles. The van der Waals surface area contributed by atoms with E-state index in [4.69, 9.17) is 9.15 Å². The zero-order valence-electron chi connectivity index (χ0n) is 16.9. The highest BCUT2D eigenvalue weighted by Gasteiger charge is 2.25. The first-order chi connectivity index (χ1) is 13.9. The van der Waals surface area contributed by atoms with E-state index in [2.05, 4.69) is 0 Å². The SMILES string of the molecule is CC(C)C(=O)N1CCN(C(=O)COc2ccc3c4c(c(=O)oc3c2)CCC4)CC1. The number of hydrogen-bond donors (Lipinski definition) is 0. The summed E-state index contributed by atoms with van der Waals surface area (Å²) in [6.07, 6.45) is 2.64. The maximum Gasteiger partial charge on any atom is 0.339 e. The molecule has 1 fully saturated rings. The van der Waals surface area contributed by atoms with E-state index in [9.17, 15) is 14.4 Å². The monoisotopic (exact) mass is 398 g/mol. The summed E-state index contributed by atoms with van der Waals surface area (Å²) in [6, 6.07) is 5.40. The summed E-state index contributed by atoms with van der Waals surface area (Å²) in [5.41, 5.74) is 2.09. The maximum atomic E-state index is 12.5. The first-order valence-corrected chi connectivity index (χ1v) is 10.2. The molecule has 0 saturated carbocycles. The molecule has 2 aromatic rings. The summed E-state index contributed by atoms with van der Waals surface area (Å²) in [5, 5.41) is 0.946. The van der Waals surface area contributed by atoms with Crippen molar-refractivity contribution in [2.45, 2.75) is 33.1 Å². The summed E-state index contributed by atoms with van der Waals surface area (Å²) < 4.78 is 11.1. The lowest BCUT2D eigenvalue weighted by Gasteiger charge is -2.35. The number of carbonyl (C=O) groups is 2. The van der Waals surface area contributed by atoms with Gasteiger partial charge in [0.25, 0.3) is 5.91 Å². The second-order valence-corrected chi connectivity index (χ2v) is 8.01. The molecule has 7 nitrogen and oxygen atoms in total. The molecule has 1 saturated heterocycles. The Kier molecular flexibility index (Phi) is 5.30. The second-order valence-electron chi connectivity index (χ2n) is 8.01. The molecule has 0 radical (unpaired) electrons. The Morgan fingerprint density at radius 2 is 1.76 bits per heavy atom. The number of benzene rings is 1. The van der Waals surface area contributed by atoms with Crippen molar-refractivity contribution in [1.29, 1.82) is 0 Å². The summed E-state index contributed by atoms with van der Waals surface area (Å²) in [7, 11) is 0. The summed E-state index contributed by atoms with van der Waals surface area (Å²) in [4.78, 5) is 40.2. The molecule has 4 rings (SSSR count). The zero-order chi connectivity index (χ0) is 20.5. The van der Waals surface area contributed by atoms with Crippen LogP contribution >= 0.6 is 0 Å². The van der Waals surface area contributed by atoms with Crippen LogP contribution in [0.15, 0.2) is 27.4 Å². The molecule has 2 heterocycles. The molecule has 0 bridgehead atoms. The Bertz CT molecular complexity index is 1000. The smallest absolute Gasteiger partial charge is 0.339 e. The van der Waals surface area contributed by atoms with Crippen LogP contribution in [0.5, 0.6) is 5.75 Å². The van der Waals surface area contributed by atoms with Gasteiger partial charge in [0.2, 0.25) is 5.91 Å². The molecule has 154 valence electrons. The highest BCUT2D eigenvalue weighted by atomic mass is 16.5. The van der Waals surface area contributed by atoms with Gasteiger partial charge >= 0.3 is 5.63 Å². The van der Waals surface area contributed by atoms with Crippen LogP contribution in [0.1, 0.15) is 31.4 Å². The fraction of sp³-hybridized carbons (Fsp3) is 0.500. The van der Waals surface area contributed by atoms with Crippen molar-refractivity contribution in [3.05, 3.63) is 39.7 Å². The number of nitrogens with zero attached hydrogens (tertiary/aromatic N) is 2. The van der Waals surface area contributed by atoms with Gasteiger partial charge in [-0.05, 0) is 37.0 Å². The molecule has 7 heteroatoms. The van der Waals surface area contributed by atoms with Gasteiger partial charge in [-0.25, -0.2) is 4.79 Å². The van der Waals surface area contributed by atoms with E-state index in [1.54, 1.807) is 15.9 Å². The summed E-state index contributed by atoms with van der Waals surface area (Å²) >= 11 is 0. The lowest BCUT2D eigenvalue weighted by molar-refractivity contribution is -0.142. The van der Waals surface area contributed by atoms with E-state index in [1.807, 2.05) is 26.0 Å². The van der Waals surface area contributed by atoms with Crippen molar-refractivity contribution in [3.63, 3.8) is 0 Å². The summed E-state index contributed by atoms with van der Waals surface area (Å²) in [6.45, 7) is 5.81. The Morgan fingerprint density at radius 3 is 2.48 bits per heavy atom. The number of aryl methyl sites for hydroxylation is 1. The third-order valence-corrected chi connectivity index (χ3v) is 5.75. The molecule has 0 atom stereocenters. The molecule has 1 aliphatic carbocycles. The minimum absolute atomic E-state index is 0.0326. The van der Waals surface area contributed by atoms with Crippen molar-refractivity contribution in [1.82, 2.24) is 9.80 Å². The van der Waals surface area contributed by atoms with Crippen molar-refractivity contribution in [2.75, 3.05) is 32.8 Å². The number of rotatable bonds is 4. The fourth-order valence-electron chi connectivity index (χ4n) is 4.13. The molecule has 2 aliphatic rings. The van der Waals surface area contributed by atoms with Crippen molar-refractivity contribution < 1.29 is 18.7 Å². The van der Waals surface area contributed by atoms with Crippen molar-refractivity contribution in [2.24, 2.45) is 5.92 Å². The van der Waals surface area contributed by atoms with Gasteiger partial charge in [0, 0.05) is 49.1 Å². The van der Waals surface area contributed by atoms with Crippen molar-refractivity contribution >= 4 is 22.8 Å². The molecular formula is C22H26N2O5. The quantitative estimate of drug-likeness (QED) is 0.736. The minimum atomic E-state index is -0.271. The van der Waals surface area contributed by atoms with Gasteiger partial charge in [0.1, 0.15) is 11.3 Å². The summed E-state index contributed by atoms with van der Waals surface area (Å²) in [5.74, 6) is 0.477. The largest absolute Gasteiger partial charge is 0.484 e. The van der Waals surface area contributed by atoms with Gasteiger partial charge in [-0.1, -0.05) is 13.8 Å². The molecular weight excluding hydrogens is 372 g/mol. The van der Waals surface area contributed by atoms with Crippen LogP contribution in [0.2, 0.25) is 0 Å². The fourth-order valence-corrected chi connectivity index (χ4v) is 4.13. The van der Waals surface area contributed by atoms with Crippen LogP contribution in [0.3, 0.4) is 0 Å². The predicted octanol–water partition coefficient (Wildman–Crippen LogP) is 1.99. The van der Waals surface area contributed by atoms with Gasteiger partial charge in [0.15, 0.2) is 6.61 Å². The number of carbonyl (C=O) groups excluding carboxylic acids is 2. The van der Waals surface area contributed by atoms with E-state index in [1.165, 1.54) is 0 Å². The lowest BCUT2D eigenvalue weighted by atomic mass is 10.1. The Labute approximate surface area is 169 Å². The zero-order valence-corrected chi connectivity index (χ0v) is 16.9. The number of fused-ring (bicyclic) bond motifs is 3. The third-order valence-electron chi connectivity index (χ3n) is 5.75. The van der Waals surface area contributed by atoms with Crippen LogP contribution in [0.25, 0.3) is 11.0 Å². The Hall–Kier alpha value is -2.83. The number of amides is 2. The van der Waals surface area contributed by atoms with Crippen LogP contribution in [0, 0.1) is 5.92 Å². The number of ether oxygens (including phenoxy) is 1. The van der Waals surface area contributed by atoms with Crippen LogP contribution in [0.4, 0.5) is 0 Å². The van der Waals surface area contributed by atoms with Crippen LogP contribution < -0.4 is 10.4 Å². The van der Waals surface area contributed by atoms with Crippen LogP contribution in [-0.2, 0) is 22.4 Å². The average molecular weight is 398 g/mol. The van der Waals surface area contributed by atoms with E-state index in [-0.39, 0.29) is 30.0 Å². The van der Waals surface area contributed by atoms with E-state index in [0.717, 1.165) is 35.8 Å². The molecule has 1 aliphatic heterocycles. The van der Waals surface area contributed by atoms with Gasteiger partial charge < -0.3 is 19.0 Å². The van der Waals surface area contributed by atoms with E-state index < -0.39 is 0 Å². The average Bonchev–Trinajstić information content (AvgIpc) is 3.22. The van der Waals surface area contributed by atoms with Gasteiger partial charge in [-0.3, -0.25) is 9.59 Å². The Balaban J connectivity index is 1.37. The molecule has 0 spiro atoms. The first-order valence-electron chi connectivity index (χ1n) is 10.2. The van der Waals surface area contributed by atoms with Crippen molar-refractivity contribution in [3.8, 4) is 5.75 Å². The molecule has 29 heavy (non-hydrogen) atoms. The maximum absolute atomic E-state index is 12.5. The molecule has 2 amide bonds. The Morgan fingerprint density at radius 1 is 1.07 bits per heavy atom. The normalized spacial score (nSPS) is 16.4.